The second kappa shape index (κ2) is 9.83. The Bertz CT molecular complexity index is 978. The first-order valence-corrected chi connectivity index (χ1v) is 10.4. The Hall–Kier alpha value is -3.06. The van der Waals surface area contributed by atoms with Gasteiger partial charge in [-0.3, -0.25) is 19.3 Å². The number of carbonyl (C=O) groups excluding carboxylic acids is 3. The SMILES string of the molecule is CC(C)OC(=O)CC(NC(=O)CN1C(=O)C(C)Oc2ccccc21)c1ccccc1Cl. The molecule has 2 aromatic carbocycles. The van der Waals surface area contributed by atoms with Crippen LogP contribution in [0.1, 0.15) is 38.8 Å². The number of esters is 1. The second-order valence-corrected chi connectivity index (χ2v) is 7.94. The molecule has 0 aliphatic carbocycles. The number of hydrogen-bond donors (Lipinski definition) is 1. The summed E-state index contributed by atoms with van der Waals surface area (Å²) in [4.78, 5) is 39.3. The lowest BCUT2D eigenvalue weighted by molar-refractivity contribution is -0.148. The van der Waals surface area contributed by atoms with Crippen molar-refractivity contribution in [1.82, 2.24) is 5.32 Å². The summed E-state index contributed by atoms with van der Waals surface area (Å²) < 4.78 is 10.8. The predicted molar refractivity (Wildman–Crippen MR) is 117 cm³/mol. The largest absolute Gasteiger partial charge is 0.479 e. The van der Waals surface area contributed by atoms with E-state index in [9.17, 15) is 14.4 Å². The van der Waals surface area contributed by atoms with E-state index in [2.05, 4.69) is 5.32 Å². The van der Waals surface area contributed by atoms with E-state index >= 15 is 0 Å². The molecule has 7 nitrogen and oxygen atoms in total. The van der Waals surface area contributed by atoms with Crippen molar-refractivity contribution >= 4 is 35.1 Å². The molecule has 2 atom stereocenters. The molecule has 2 aromatic rings. The van der Waals surface area contributed by atoms with Crippen LogP contribution in [0, 0.1) is 0 Å². The van der Waals surface area contributed by atoms with E-state index in [0.717, 1.165) is 0 Å². The van der Waals surface area contributed by atoms with Crippen molar-refractivity contribution in [2.75, 3.05) is 11.4 Å². The molecule has 2 amide bonds. The molecule has 0 radical (unpaired) electrons. The number of ether oxygens (including phenoxy) is 2. The van der Waals surface area contributed by atoms with Gasteiger partial charge in [-0.2, -0.15) is 0 Å². The average Bonchev–Trinajstić information content (AvgIpc) is 2.70. The Kier molecular flexibility index (Phi) is 7.17. The van der Waals surface area contributed by atoms with Crippen molar-refractivity contribution in [3.63, 3.8) is 0 Å². The maximum absolute atomic E-state index is 12.9. The number of halogens is 1. The van der Waals surface area contributed by atoms with Gasteiger partial charge in [0, 0.05) is 5.02 Å². The van der Waals surface area contributed by atoms with Crippen LogP contribution in [0.25, 0.3) is 0 Å². The first kappa shape index (κ1) is 22.6. The fourth-order valence-electron chi connectivity index (χ4n) is 3.38. The van der Waals surface area contributed by atoms with E-state index in [4.69, 9.17) is 21.1 Å². The first-order chi connectivity index (χ1) is 14.8. The highest BCUT2D eigenvalue weighted by molar-refractivity contribution is 6.31. The van der Waals surface area contributed by atoms with Crippen LogP contribution in [0.3, 0.4) is 0 Å². The maximum Gasteiger partial charge on any atom is 0.308 e. The van der Waals surface area contributed by atoms with E-state index in [1.54, 1.807) is 69.3 Å². The number of hydrogen-bond acceptors (Lipinski definition) is 5. The van der Waals surface area contributed by atoms with E-state index in [0.29, 0.717) is 22.0 Å². The van der Waals surface area contributed by atoms with Crippen molar-refractivity contribution in [3.05, 3.63) is 59.1 Å². The normalized spacial score (nSPS) is 16.4. The standard InChI is InChI=1S/C23H25ClN2O5/c1-14(2)30-22(28)12-18(16-8-4-5-9-17(16)24)25-21(27)13-26-19-10-6-7-11-20(19)31-15(3)23(26)29/h4-11,14-15,18H,12-13H2,1-3H3,(H,25,27). The lowest BCUT2D eigenvalue weighted by Crippen LogP contribution is -2.49. The highest BCUT2D eigenvalue weighted by Gasteiger charge is 2.33. The molecule has 0 bridgehead atoms. The zero-order valence-electron chi connectivity index (χ0n) is 17.6. The molecule has 0 spiro atoms. The van der Waals surface area contributed by atoms with Crippen molar-refractivity contribution in [1.29, 1.82) is 0 Å². The summed E-state index contributed by atoms with van der Waals surface area (Å²) in [6.45, 7) is 4.93. The minimum Gasteiger partial charge on any atom is -0.479 e. The number of rotatable bonds is 7. The third kappa shape index (κ3) is 5.55. The fraction of sp³-hybridized carbons (Fsp3) is 0.348. The third-order valence-corrected chi connectivity index (χ3v) is 5.07. The van der Waals surface area contributed by atoms with Crippen molar-refractivity contribution in [2.45, 2.75) is 45.4 Å². The van der Waals surface area contributed by atoms with E-state index in [-0.39, 0.29) is 25.0 Å². The molecule has 2 unspecified atom stereocenters. The predicted octanol–water partition coefficient (Wildman–Crippen LogP) is 3.65. The summed E-state index contributed by atoms with van der Waals surface area (Å²) in [6.07, 6.45) is -1.07. The van der Waals surface area contributed by atoms with Crippen LogP contribution in [0.5, 0.6) is 5.75 Å². The number of nitrogens with zero attached hydrogens (tertiary/aromatic N) is 1. The molecule has 0 saturated carbocycles. The molecular formula is C23H25ClN2O5. The maximum atomic E-state index is 12.9. The van der Waals surface area contributed by atoms with Crippen LogP contribution >= 0.6 is 11.6 Å². The lowest BCUT2D eigenvalue weighted by Gasteiger charge is -2.33. The fourth-order valence-corrected chi connectivity index (χ4v) is 3.65. The average molecular weight is 445 g/mol. The summed E-state index contributed by atoms with van der Waals surface area (Å²) in [5.74, 6) is -0.672. The van der Waals surface area contributed by atoms with Crippen LogP contribution in [0.2, 0.25) is 5.02 Å². The Balaban J connectivity index is 1.80. The number of amides is 2. The molecule has 8 heteroatoms. The highest BCUT2D eigenvalue weighted by atomic mass is 35.5. The third-order valence-electron chi connectivity index (χ3n) is 4.73. The van der Waals surface area contributed by atoms with Crippen LogP contribution < -0.4 is 15.0 Å². The number of anilines is 1. The molecule has 0 aromatic heterocycles. The number of para-hydroxylation sites is 2. The summed E-state index contributed by atoms with van der Waals surface area (Å²) in [7, 11) is 0. The van der Waals surface area contributed by atoms with Gasteiger partial charge in [0.05, 0.1) is 24.3 Å². The number of benzene rings is 2. The highest BCUT2D eigenvalue weighted by Crippen LogP contribution is 2.33. The monoisotopic (exact) mass is 444 g/mol. The van der Waals surface area contributed by atoms with Gasteiger partial charge in [0.25, 0.3) is 5.91 Å². The van der Waals surface area contributed by atoms with Crippen molar-refractivity contribution in [2.24, 2.45) is 0 Å². The van der Waals surface area contributed by atoms with Gasteiger partial charge < -0.3 is 14.8 Å². The van der Waals surface area contributed by atoms with Crippen LogP contribution in [-0.4, -0.2) is 36.5 Å². The lowest BCUT2D eigenvalue weighted by atomic mass is 10.0. The molecule has 164 valence electrons. The van der Waals surface area contributed by atoms with Gasteiger partial charge in [0.1, 0.15) is 12.3 Å². The zero-order chi connectivity index (χ0) is 22.5. The summed E-state index contributed by atoms with van der Waals surface area (Å²) in [6, 6.07) is 13.3. The Morgan fingerprint density at radius 1 is 1.16 bits per heavy atom. The topological polar surface area (TPSA) is 84.9 Å². The summed E-state index contributed by atoms with van der Waals surface area (Å²) in [5, 5.41) is 3.26. The van der Waals surface area contributed by atoms with Crippen molar-refractivity contribution in [3.8, 4) is 5.75 Å². The Morgan fingerprint density at radius 3 is 2.55 bits per heavy atom. The molecule has 0 saturated heterocycles. The molecule has 0 fully saturated rings. The van der Waals surface area contributed by atoms with Gasteiger partial charge in [0.15, 0.2) is 6.10 Å². The van der Waals surface area contributed by atoms with E-state index in [1.807, 2.05) is 0 Å². The van der Waals surface area contributed by atoms with Gasteiger partial charge in [-0.1, -0.05) is 41.9 Å². The van der Waals surface area contributed by atoms with Crippen LogP contribution in [0.4, 0.5) is 5.69 Å². The number of nitrogens with one attached hydrogen (secondary N) is 1. The summed E-state index contributed by atoms with van der Waals surface area (Å²) in [5.41, 5.74) is 1.12. The minimum atomic E-state index is -0.705. The first-order valence-electron chi connectivity index (χ1n) is 10.1. The molecule has 1 aliphatic rings. The van der Waals surface area contributed by atoms with Gasteiger partial charge in [-0.05, 0) is 44.5 Å². The van der Waals surface area contributed by atoms with E-state index in [1.165, 1.54) is 4.90 Å². The summed E-state index contributed by atoms with van der Waals surface area (Å²) >= 11 is 6.31. The minimum absolute atomic E-state index is 0.0856. The molecule has 1 N–H and O–H groups in total. The van der Waals surface area contributed by atoms with Gasteiger partial charge >= 0.3 is 5.97 Å². The smallest absolute Gasteiger partial charge is 0.308 e. The molecule has 31 heavy (non-hydrogen) atoms. The Labute approximate surface area is 186 Å². The van der Waals surface area contributed by atoms with Gasteiger partial charge in [-0.15, -0.1) is 0 Å². The molecule has 1 aliphatic heterocycles. The van der Waals surface area contributed by atoms with Crippen molar-refractivity contribution < 1.29 is 23.9 Å². The number of carbonyl (C=O) groups is 3. The molecular weight excluding hydrogens is 420 g/mol. The van der Waals surface area contributed by atoms with E-state index < -0.39 is 24.0 Å². The van der Waals surface area contributed by atoms with Crippen LogP contribution in [0.15, 0.2) is 48.5 Å². The van der Waals surface area contributed by atoms with Gasteiger partial charge in [0.2, 0.25) is 5.91 Å². The Morgan fingerprint density at radius 2 is 1.84 bits per heavy atom. The van der Waals surface area contributed by atoms with Crippen LogP contribution in [-0.2, 0) is 19.1 Å². The second-order valence-electron chi connectivity index (χ2n) is 7.54. The van der Waals surface area contributed by atoms with Gasteiger partial charge in [-0.25, -0.2) is 0 Å². The number of fused-ring (bicyclic) bond motifs is 1. The quantitative estimate of drug-likeness (QED) is 0.659. The molecule has 1 heterocycles. The molecule has 3 rings (SSSR count). The zero-order valence-corrected chi connectivity index (χ0v) is 18.4.